The lowest BCUT2D eigenvalue weighted by Gasteiger charge is -2.24. The van der Waals surface area contributed by atoms with E-state index in [9.17, 15) is 0 Å². The molecule has 282 valence electrons. The number of hydrogen-bond donors (Lipinski definition) is 0. The molecular formula is C52H32N6O2. The zero-order valence-corrected chi connectivity index (χ0v) is 32.0. The molecule has 0 unspecified atom stereocenters. The molecule has 8 nitrogen and oxygen atoms in total. The Labute approximate surface area is 344 Å². The van der Waals surface area contributed by atoms with E-state index in [1.54, 1.807) is 30.9 Å². The van der Waals surface area contributed by atoms with Gasteiger partial charge in [0.25, 0.3) is 11.8 Å². The lowest BCUT2D eigenvalue weighted by Crippen LogP contribution is -2.30. The minimum atomic E-state index is -0.400. The van der Waals surface area contributed by atoms with Gasteiger partial charge < -0.3 is 4.57 Å². The average molecular weight is 773 g/mol. The first kappa shape index (κ1) is 34.9. The number of carbonyl (C=O) groups is 2. The maximum Gasteiger partial charge on any atom is 0.268 e. The Hall–Kier alpha value is -8.36. The van der Waals surface area contributed by atoms with E-state index in [1.165, 1.54) is 17.6 Å². The molecule has 0 saturated carbocycles. The van der Waals surface area contributed by atoms with E-state index in [1.807, 2.05) is 103 Å². The predicted octanol–water partition coefficient (Wildman–Crippen LogP) is 11.5. The molecule has 0 bridgehead atoms. The van der Waals surface area contributed by atoms with E-state index >= 15 is 9.59 Å². The summed E-state index contributed by atoms with van der Waals surface area (Å²) >= 11 is 0. The number of imide groups is 1. The summed E-state index contributed by atoms with van der Waals surface area (Å²) in [6.07, 6.45) is 10.2. The zero-order chi connectivity index (χ0) is 40.2. The summed E-state index contributed by atoms with van der Waals surface area (Å²) in [5.74, 6) is -0.786. The molecule has 1 aliphatic rings. The molecule has 11 rings (SSSR count). The van der Waals surface area contributed by atoms with Gasteiger partial charge in [-0.25, -0.2) is 24.8 Å². The molecule has 0 aliphatic carbocycles. The van der Waals surface area contributed by atoms with E-state index in [-0.39, 0.29) is 5.91 Å². The summed E-state index contributed by atoms with van der Waals surface area (Å²) in [6.45, 7) is 0. The Kier molecular flexibility index (Phi) is 8.27. The molecule has 10 aromatic rings. The van der Waals surface area contributed by atoms with Gasteiger partial charge in [0.1, 0.15) is 12.7 Å². The van der Waals surface area contributed by atoms with Crippen molar-refractivity contribution in [3.63, 3.8) is 0 Å². The van der Waals surface area contributed by atoms with E-state index in [0.717, 1.165) is 77.4 Å². The van der Waals surface area contributed by atoms with Crippen molar-refractivity contribution in [2.75, 3.05) is 4.90 Å². The van der Waals surface area contributed by atoms with E-state index < -0.39 is 5.91 Å². The first-order valence-corrected chi connectivity index (χ1v) is 19.6. The van der Waals surface area contributed by atoms with Gasteiger partial charge in [-0.15, -0.1) is 0 Å². The second-order valence-electron chi connectivity index (χ2n) is 14.7. The maximum absolute atomic E-state index is 15.6. The number of amides is 2. The fourth-order valence-corrected chi connectivity index (χ4v) is 8.73. The Morgan fingerprint density at radius 2 is 0.817 bits per heavy atom. The number of benzene rings is 7. The highest BCUT2D eigenvalue weighted by atomic mass is 16.2. The Bertz CT molecular complexity index is 3120. The molecule has 3 aromatic heterocycles. The molecular weight excluding hydrogens is 741 g/mol. The summed E-state index contributed by atoms with van der Waals surface area (Å²) in [5.41, 5.74) is 12.3. The van der Waals surface area contributed by atoms with Crippen LogP contribution >= 0.6 is 0 Å². The molecule has 2 amide bonds. The number of anilines is 1. The summed E-state index contributed by atoms with van der Waals surface area (Å²) in [4.78, 5) is 49.5. The van der Waals surface area contributed by atoms with Crippen LogP contribution in [0.5, 0.6) is 0 Å². The SMILES string of the molecule is O=C1c2cccc(-n3c4cccc(-c5cncnc5)c4c4c(-c5cncnc5)cccc43)c2C(=O)N1c1c(-c2ccccc2)cc(-c2ccccc2)cc1-c1ccccc1. The van der Waals surface area contributed by atoms with Gasteiger partial charge in [0.15, 0.2) is 0 Å². The van der Waals surface area contributed by atoms with Crippen LogP contribution in [-0.2, 0) is 0 Å². The highest BCUT2D eigenvalue weighted by Gasteiger charge is 2.42. The molecule has 4 heterocycles. The third-order valence-corrected chi connectivity index (χ3v) is 11.3. The van der Waals surface area contributed by atoms with Crippen molar-refractivity contribution in [1.82, 2.24) is 24.5 Å². The maximum atomic E-state index is 15.6. The van der Waals surface area contributed by atoms with Crippen LogP contribution in [0.15, 0.2) is 195 Å². The van der Waals surface area contributed by atoms with Crippen molar-refractivity contribution >= 4 is 39.3 Å². The molecule has 0 fully saturated rings. The highest BCUT2D eigenvalue weighted by molar-refractivity contribution is 6.37. The highest BCUT2D eigenvalue weighted by Crippen LogP contribution is 2.48. The van der Waals surface area contributed by atoms with Crippen LogP contribution in [0.1, 0.15) is 20.7 Å². The summed E-state index contributed by atoms with van der Waals surface area (Å²) in [7, 11) is 0. The number of carbonyl (C=O) groups excluding carboxylic acids is 2. The largest absolute Gasteiger partial charge is 0.308 e. The van der Waals surface area contributed by atoms with Crippen molar-refractivity contribution < 1.29 is 9.59 Å². The van der Waals surface area contributed by atoms with E-state index in [2.05, 4.69) is 73.0 Å². The predicted molar refractivity (Wildman–Crippen MR) is 237 cm³/mol. The molecule has 0 spiro atoms. The molecule has 60 heavy (non-hydrogen) atoms. The summed E-state index contributed by atoms with van der Waals surface area (Å²) < 4.78 is 2.10. The molecule has 7 aromatic carbocycles. The molecule has 0 atom stereocenters. The average Bonchev–Trinajstić information content (AvgIpc) is 3.80. The van der Waals surface area contributed by atoms with Crippen LogP contribution in [-0.4, -0.2) is 36.3 Å². The topological polar surface area (TPSA) is 93.9 Å². The normalized spacial score (nSPS) is 12.4. The van der Waals surface area contributed by atoms with Crippen LogP contribution < -0.4 is 4.90 Å². The number of aromatic nitrogens is 5. The first-order chi connectivity index (χ1) is 29.7. The molecule has 0 radical (unpaired) electrons. The second-order valence-corrected chi connectivity index (χ2v) is 14.7. The van der Waals surface area contributed by atoms with Crippen molar-refractivity contribution in [3.8, 4) is 61.3 Å². The first-order valence-electron chi connectivity index (χ1n) is 19.6. The van der Waals surface area contributed by atoms with Gasteiger partial charge in [0.05, 0.1) is 33.5 Å². The fourth-order valence-electron chi connectivity index (χ4n) is 8.73. The molecule has 8 heteroatoms. The third-order valence-electron chi connectivity index (χ3n) is 11.3. The number of nitrogens with zero attached hydrogens (tertiary/aromatic N) is 6. The van der Waals surface area contributed by atoms with Crippen LogP contribution in [0.2, 0.25) is 0 Å². The van der Waals surface area contributed by atoms with Crippen LogP contribution in [0.25, 0.3) is 83.1 Å². The van der Waals surface area contributed by atoms with Gasteiger partial charge in [-0.1, -0.05) is 121 Å². The van der Waals surface area contributed by atoms with Gasteiger partial charge in [0, 0.05) is 57.8 Å². The van der Waals surface area contributed by atoms with Crippen molar-refractivity contribution in [2.24, 2.45) is 0 Å². The smallest absolute Gasteiger partial charge is 0.268 e. The number of rotatable bonds is 7. The lowest BCUT2D eigenvalue weighted by molar-refractivity contribution is 0.0926. The monoisotopic (exact) mass is 772 g/mol. The summed E-state index contributed by atoms with van der Waals surface area (Å²) in [5, 5.41) is 1.89. The van der Waals surface area contributed by atoms with Crippen molar-refractivity contribution in [1.29, 1.82) is 0 Å². The van der Waals surface area contributed by atoms with E-state index in [0.29, 0.717) is 22.5 Å². The van der Waals surface area contributed by atoms with Crippen LogP contribution in [0, 0.1) is 0 Å². The van der Waals surface area contributed by atoms with Gasteiger partial charge in [0.2, 0.25) is 0 Å². The van der Waals surface area contributed by atoms with Crippen LogP contribution in [0.4, 0.5) is 5.69 Å². The Balaban J connectivity index is 1.18. The van der Waals surface area contributed by atoms with E-state index in [4.69, 9.17) is 0 Å². The summed E-state index contributed by atoms with van der Waals surface area (Å²) in [6, 6.07) is 52.1. The minimum Gasteiger partial charge on any atom is -0.308 e. The second kappa shape index (κ2) is 14.2. The molecule has 0 saturated heterocycles. The standard InChI is InChI=1S/C52H32N6O2/c59-51-41-21-12-24-46(57-44-22-10-19-39(37-27-53-31-54-28-37)47(44)48-40(20-11-23-45(48)57)38-29-55-32-56-30-38)49(41)52(60)58(51)50-42(34-15-6-2-7-16-34)25-36(33-13-4-1-5-14-33)26-43(50)35-17-8-3-9-18-35/h1-32H. The fraction of sp³-hybridized carbons (Fsp3) is 0. The molecule has 1 aliphatic heterocycles. The van der Waals surface area contributed by atoms with Crippen LogP contribution in [0.3, 0.4) is 0 Å². The van der Waals surface area contributed by atoms with Gasteiger partial charge in [-0.3, -0.25) is 9.59 Å². The molecule has 0 N–H and O–H groups in total. The lowest BCUT2D eigenvalue weighted by atomic mass is 9.90. The van der Waals surface area contributed by atoms with Gasteiger partial charge in [-0.05, 0) is 69.8 Å². The van der Waals surface area contributed by atoms with Crippen molar-refractivity contribution in [3.05, 3.63) is 206 Å². The Morgan fingerprint density at radius 3 is 1.32 bits per heavy atom. The minimum absolute atomic E-state index is 0.327. The quantitative estimate of drug-likeness (QED) is 0.150. The van der Waals surface area contributed by atoms with Crippen molar-refractivity contribution in [2.45, 2.75) is 0 Å². The Morgan fingerprint density at radius 1 is 0.367 bits per heavy atom. The van der Waals surface area contributed by atoms with Gasteiger partial charge in [-0.2, -0.15) is 0 Å². The number of fused-ring (bicyclic) bond motifs is 4. The zero-order valence-electron chi connectivity index (χ0n) is 32.0. The third kappa shape index (κ3) is 5.54. The van der Waals surface area contributed by atoms with Gasteiger partial charge >= 0.3 is 0 Å². The number of hydrogen-bond acceptors (Lipinski definition) is 6.